The topological polar surface area (TPSA) is 38.3 Å². The van der Waals surface area contributed by atoms with Gasteiger partial charge in [0.25, 0.3) is 0 Å². The molecule has 0 amide bonds. The quantitative estimate of drug-likeness (QED) is 0.671. The Labute approximate surface area is 79.8 Å². The van der Waals surface area contributed by atoms with Crippen LogP contribution in [0.25, 0.3) is 0 Å². The fourth-order valence-corrected chi connectivity index (χ4v) is 1.38. The highest BCUT2D eigenvalue weighted by Crippen LogP contribution is 2.07. The lowest BCUT2D eigenvalue weighted by Crippen LogP contribution is -2.32. The third-order valence-corrected chi connectivity index (χ3v) is 2.28. The Morgan fingerprint density at radius 3 is 2.92 bits per heavy atom. The van der Waals surface area contributed by atoms with Crippen molar-refractivity contribution in [2.45, 2.75) is 39.2 Å². The van der Waals surface area contributed by atoms with Crippen LogP contribution < -0.4 is 5.32 Å². The van der Waals surface area contributed by atoms with Gasteiger partial charge in [-0.25, -0.2) is 0 Å². The van der Waals surface area contributed by atoms with Gasteiger partial charge in [0.05, 0.1) is 6.61 Å². The van der Waals surface area contributed by atoms with Gasteiger partial charge < -0.3 is 10.1 Å². The van der Waals surface area contributed by atoms with Gasteiger partial charge in [-0.2, -0.15) is 0 Å². The van der Waals surface area contributed by atoms with Crippen LogP contribution >= 0.6 is 0 Å². The van der Waals surface area contributed by atoms with Crippen molar-refractivity contribution in [1.29, 1.82) is 0 Å². The van der Waals surface area contributed by atoms with Crippen LogP contribution in [0.1, 0.15) is 33.1 Å². The number of hydrogen-bond acceptors (Lipinski definition) is 3. The molecular weight excluding hydrogens is 166 g/mol. The SMILES string of the molecule is CC(C)CCOC(=O)[C@@H]1CCCN1. The Balaban J connectivity index is 2.10. The Kier molecular flexibility index (Phi) is 4.22. The fourth-order valence-electron chi connectivity index (χ4n) is 1.38. The van der Waals surface area contributed by atoms with Crippen LogP contribution in [0.5, 0.6) is 0 Å². The first-order valence-corrected chi connectivity index (χ1v) is 5.10. The molecule has 0 unspecified atom stereocenters. The van der Waals surface area contributed by atoms with Gasteiger partial charge in [-0.3, -0.25) is 4.79 Å². The van der Waals surface area contributed by atoms with Crippen LogP contribution in [0.2, 0.25) is 0 Å². The molecule has 0 aromatic rings. The zero-order valence-corrected chi connectivity index (χ0v) is 8.51. The van der Waals surface area contributed by atoms with E-state index in [9.17, 15) is 4.79 Å². The van der Waals surface area contributed by atoms with Crippen molar-refractivity contribution in [3.63, 3.8) is 0 Å². The first-order chi connectivity index (χ1) is 6.20. The highest BCUT2D eigenvalue weighted by Gasteiger charge is 2.22. The van der Waals surface area contributed by atoms with Gasteiger partial charge in [0.1, 0.15) is 6.04 Å². The molecule has 0 radical (unpaired) electrons. The molecular formula is C10H19NO2. The average molecular weight is 185 g/mol. The smallest absolute Gasteiger partial charge is 0.323 e. The highest BCUT2D eigenvalue weighted by molar-refractivity contribution is 5.76. The van der Waals surface area contributed by atoms with Gasteiger partial charge in [-0.05, 0) is 31.7 Å². The standard InChI is InChI=1S/C10H19NO2/c1-8(2)5-7-13-10(12)9-4-3-6-11-9/h8-9,11H,3-7H2,1-2H3/t9-/m0/s1. The zero-order chi connectivity index (χ0) is 9.68. The van der Waals surface area contributed by atoms with E-state index in [0.29, 0.717) is 12.5 Å². The molecule has 0 aliphatic carbocycles. The molecule has 3 heteroatoms. The Hall–Kier alpha value is -0.570. The van der Waals surface area contributed by atoms with E-state index in [1.165, 1.54) is 0 Å². The van der Waals surface area contributed by atoms with Crippen LogP contribution in [0.15, 0.2) is 0 Å². The molecule has 76 valence electrons. The van der Waals surface area contributed by atoms with E-state index in [4.69, 9.17) is 4.74 Å². The number of carbonyl (C=O) groups excluding carboxylic acids is 1. The minimum Gasteiger partial charge on any atom is -0.465 e. The number of nitrogens with one attached hydrogen (secondary N) is 1. The Morgan fingerprint density at radius 2 is 2.38 bits per heavy atom. The predicted molar refractivity (Wildman–Crippen MR) is 51.4 cm³/mol. The third-order valence-electron chi connectivity index (χ3n) is 2.28. The summed E-state index contributed by atoms with van der Waals surface area (Å²) in [4.78, 5) is 11.3. The van der Waals surface area contributed by atoms with E-state index in [2.05, 4.69) is 19.2 Å². The summed E-state index contributed by atoms with van der Waals surface area (Å²) in [7, 11) is 0. The average Bonchev–Trinajstić information content (AvgIpc) is 2.55. The van der Waals surface area contributed by atoms with Crippen LogP contribution in [0.4, 0.5) is 0 Å². The predicted octanol–water partition coefficient (Wildman–Crippen LogP) is 1.33. The van der Waals surface area contributed by atoms with E-state index in [0.717, 1.165) is 25.8 Å². The fraction of sp³-hybridized carbons (Fsp3) is 0.900. The molecule has 0 saturated carbocycles. The van der Waals surface area contributed by atoms with Gasteiger partial charge in [0.15, 0.2) is 0 Å². The maximum Gasteiger partial charge on any atom is 0.323 e. The van der Waals surface area contributed by atoms with Crippen molar-refractivity contribution in [2.24, 2.45) is 5.92 Å². The molecule has 3 nitrogen and oxygen atoms in total. The van der Waals surface area contributed by atoms with Crippen molar-refractivity contribution in [1.82, 2.24) is 5.32 Å². The number of hydrogen-bond donors (Lipinski definition) is 1. The Bertz CT molecular complexity index is 162. The van der Waals surface area contributed by atoms with Crippen molar-refractivity contribution in [3.05, 3.63) is 0 Å². The minimum absolute atomic E-state index is 0.0350. The van der Waals surface area contributed by atoms with Crippen molar-refractivity contribution in [2.75, 3.05) is 13.2 Å². The van der Waals surface area contributed by atoms with Gasteiger partial charge >= 0.3 is 5.97 Å². The minimum atomic E-state index is -0.0712. The Morgan fingerprint density at radius 1 is 1.62 bits per heavy atom. The summed E-state index contributed by atoms with van der Waals surface area (Å²) in [6, 6.07) is -0.0350. The first kappa shape index (κ1) is 10.5. The second-order valence-corrected chi connectivity index (χ2v) is 4.00. The first-order valence-electron chi connectivity index (χ1n) is 5.10. The largest absolute Gasteiger partial charge is 0.465 e. The van der Waals surface area contributed by atoms with E-state index >= 15 is 0 Å². The van der Waals surface area contributed by atoms with Crippen LogP contribution in [0, 0.1) is 5.92 Å². The number of carbonyl (C=O) groups is 1. The molecule has 0 aromatic carbocycles. The maximum atomic E-state index is 11.3. The molecule has 13 heavy (non-hydrogen) atoms. The summed E-state index contributed by atoms with van der Waals surface area (Å²) in [5, 5.41) is 3.12. The molecule has 1 aliphatic rings. The molecule has 1 atom stereocenters. The number of rotatable bonds is 4. The lowest BCUT2D eigenvalue weighted by molar-refractivity contribution is -0.146. The van der Waals surface area contributed by atoms with Crippen LogP contribution in [-0.4, -0.2) is 25.2 Å². The molecule has 1 fully saturated rings. The van der Waals surface area contributed by atoms with E-state index in [1.54, 1.807) is 0 Å². The summed E-state index contributed by atoms with van der Waals surface area (Å²) in [5.74, 6) is 0.530. The van der Waals surface area contributed by atoms with E-state index in [1.807, 2.05) is 0 Å². The molecule has 1 rings (SSSR count). The normalized spacial score (nSPS) is 22.2. The summed E-state index contributed by atoms with van der Waals surface area (Å²) in [6.07, 6.45) is 2.98. The number of esters is 1. The molecule has 1 N–H and O–H groups in total. The molecule has 0 spiro atoms. The molecule has 0 bridgehead atoms. The lowest BCUT2D eigenvalue weighted by Gasteiger charge is -2.10. The highest BCUT2D eigenvalue weighted by atomic mass is 16.5. The maximum absolute atomic E-state index is 11.3. The van der Waals surface area contributed by atoms with E-state index in [-0.39, 0.29) is 12.0 Å². The van der Waals surface area contributed by atoms with Crippen molar-refractivity contribution in [3.8, 4) is 0 Å². The molecule has 1 aliphatic heterocycles. The van der Waals surface area contributed by atoms with Crippen LogP contribution in [0.3, 0.4) is 0 Å². The second-order valence-electron chi connectivity index (χ2n) is 4.00. The third kappa shape index (κ3) is 3.77. The molecule has 0 aromatic heterocycles. The molecule has 1 saturated heterocycles. The van der Waals surface area contributed by atoms with Crippen molar-refractivity contribution < 1.29 is 9.53 Å². The summed E-state index contributed by atoms with van der Waals surface area (Å²) in [6.45, 7) is 5.77. The van der Waals surface area contributed by atoms with Gasteiger partial charge in [-0.15, -0.1) is 0 Å². The van der Waals surface area contributed by atoms with Gasteiger partial charge in [-0.1, -0.05) is 13.8 Å². The summed E-state index contributed by atoms with van der Waals surface area (Å²) >= 11 is 0. The molecule has 1 heterocycles. The lowest BCUT2D eigenvalue weighted by atomic mass is 10.1. The summed E-state index contributed by atoms with van der Waals surface area (Å²) in [5.41, 5.74) is 0. The second kappa shape index (κ2) is 5.22. The van der Waals surface area contributed by atoms with E-state index < -0.39 is 0 Å². The number of ether oxygens (including phenoxy) is 1. The summed E-state index contributed by atoms with van der Waals surface area (Å²) < 4.78 is 5.14. The van der Waals surface area contributed by atoms with Crippen LogP contribution in [-0.2, 0) is 9.53 Å². The van der Waals surface area contributed by atoms with Gasteiger partial charge in [0.2, 0.25) is 0 Å². The van der Waals surface area contributed by atoms with Gasteiger partial charge in [0, 0.05) is 0 Å². The zero-order valence-electron chi connectivity index (χ0n) is 8.51. The van der Waals surface area contributed by atoms with Crippen molar-refractivity contribution >= 4 is 5.97 Å². The monoisotopic (exact) mass is 185 g/mol.